The SMILES string of the molecule is COCC(NC(C)CC(=O)N(C)C)C1CC1. The molecule has 16 heavy (non-hydrogen) atoms. The van der Waals surface area contributed by atoms with Crippen molar-refractivity contribution in [3.05, 3.63) is 0 Å². The van der Waals surface area contributed by atoms with E-state index in [0.29, 0.717) is 12.5 Å². The van der Waals surface area contributed by atoms with Crippen molar-refractivity contribution in [1.82, 2.24) is 10.2 Å². The number of nitrogens with zero attached hydrogens (tertiary/aromatic N) is 1. The van der Waals surface area contributed by atoms with E-state index in [1.165, 1.54) is 12.8 Å². The zero-order chi connectivity index (χ0) is 12.1. The van der Waals surface area contributed by atoms with Gasteiger partial charge in [0.2, 0.25) is 5.91 Å². The predicted octanol–water partition coefficient (Wildman–Crippen LogP) is 0.868. The van der Waals surface area contributed by atoms with E-state index < -0.39 is 0 Å². The summed E-state index contributed by atoms with van der Waals surface area (Å²) in [7, 11) is 5.32. The summed E-state index contributed by atoms with van der Waals surface area (Å²) in [6, 6.07) is 0.630. The van der Waals surface area contributed by atoms with Crippen LogP contribution in [-0.2, 0) is 9.53 Å². The predicted molar refractivity (Wildman–Crippen MR) is 64.3 cm³/mol. The molecule has 1 amide bonds. The minimum absolute atomic E-state index is 0.173. The van der Waals surface area contributed by atoms with Gasteiger partial charge in [-0.15, -0.1) is 0 Å². The first kappa shape index (κ1) is 13.5. The highest BCUT2D eigenvalue weighted by Gasteiger charge is 2.32. The van der Waals surface area contributed by atoms with E-state index in [9.17, 15) is 4.79 Å². The van der Waals surface area contributed by atoms with E-state index in [1.54, 1.807) is 26.1 Å². The summed E-state index contributed by atoms with van der Waals surface area (Å²) in [4.78, 5) is 13.2. The molecule has 2 unspecified atom stereocenters. The lowest BCUT2D eigenvalue weighted by Gasteiger charge is -2.23. The maximum Gasteiger partial charge on any atom is 0.223 e. The zero-order valence-electron chi connectivity index (χ0n) is 10.8. The molecule has 0 saturated heterocycles. The van der Waals surface area contributed by atoms with Crippen LogP contribution in [-0.4, -0.2) is 50.7 Å². The summed E-state index contributed by atoms with van der Waals surface area (Å²) in [5.74, 6) is 0.920. The summed E-state index contributed by atoms with van der Waals surface area (Å²) in [6.07, 6.45) is 3.13. The molecule has 1 saturated carbocycles. The van der Waals surface area contributed by atoms with Crippen LogP contribution in [0.5, 0.6) is 0 Å². The first-order valence-electron chi connectivity index (χ1n) is 5.99. The summed E-state index contributed by atoms with van der Waals surface area (Å²) < 4.78 is 5.20. The molecule has 1 fully saturated rings. The fourth-order valence-corrected chi connectivity index (χ4v) is 1.87. The molecule has 1 aliphatic carbocycles. The van der Waals surface area contributed by atoms with Gasteiger partial charge in [-0.05, 0) is 25.7 Å². The second-order valence-electron chi connectivity index (χ2n) is 4.96. The molecule has 4 nitrogen and oxygen atoms in total. The Bertz CT molecular complexity index is 227. The Labute approximate surface area is 98.3 Å². The summed E-state index contributed by atoms with van der Waals surface area (Å²) >= 11 is 0. The number of hydrogen-bond donors (Lipinski definition) is 1. The molecule has 1 rings (SSSR count). The van der Waals surface area contributed by atoms with Crippen molar-refractivity contribution in [1.29, 1.82) is 0 Å². The van der Waals surface area contributed by atoms with E-state index in [-0.39, 0.29) is 11.9 Å². The Balaban J connectivity index is 2.30. The standard InChI is InChI=1S/C12H24N2O2/c1-9(7-12(15)14(2)3)13-11(8-16-4)10-5-6-10/h9-11,13H,5-8H2,1-4H3. The van der Waals surface area contributed by atoms with Gasteiger partial charge in [-0.25, -0.2) is 0 Å². The van der Waals surface area contributed by atoms with Gasteiger partial charge in [0.1, 0.15) is 0 Å². The van der Waals surface area contributed by atoms with Crippen LogP contribution in [0.4, 0.5) is 0 Å². The third kappa shape index (κ3) is 4.49. The monoisotopic (exact) mass is 228 g/mol. The highest BCUT2D eigenvalue weighted by atomic mass is 16.5. The van der Waals surface area contributed by atoms with E-state index in [0.717, 1.165) is 12.5 Å². The molecular formula is C12H24N2O2. The van der Waals surface area contributed by atoms with E-state index in [2.05, 4.69) is 12.2 Å². The minimum atomic E-state index is 0.173. The van der Waals surface area contributed by atoms with Crippen molar-refractivity contribution >= 4 is 5.91 Å². The molecule has 4 heteroatoms. The molecule has 2 atom stereocenters. The van der Waals surface area contributed by atoms with E-state index in [4.69, 9.17) is 4.74 Å². The number of carbonyl (C=O) groups is 1. The number of hydrogen-bond acceptors (Lipinski definition) is 3. The molecule has 94 valence electrons. The largest absolute Gasteiger partial charge is 0.383 e. The number of amides is 1. The van der Waals surface area contributed by atoms with Crippen LogP contribution < -0.4 is 5.32 Å². The summed E-state index contributed by atoms with van der Waals surface area (Å²) in [5.41, 5.74) is 0. The number of carbonyl (C=O) groups excluding carboxylic acids is 1. The topological polar surface area (TPSA) is 41.6 Å². The average molecular weight is 228 g/mol. The van der Waals surface area contributed by atoms with Crippen LogP contribution in [0.15, 0.2) is 0 Å². The Morgan fingerprint density at radius 1 is 1.50 bits per heavy atom. The van der Waals surface area contributed by atoms with E-state index >= 15 is 0 Å². The Kier molecular flexibility index (Phi) is 5.22. The lowest BCUT2D eigenvalue weighted by Crippen LogP contribution is -2.43. The lowest BCUT2D eigenvalue weighted by molar-refractivity contribution is -0.129. The van der Waals surface area contributed by atoms with Gasteiger partial charge in [0.05, 0.1) is 6.61 Å². The van der Waals surface area contributed by atoms with E-state index in [1.807, 2.05) is 0 Å². The number of rotatable bonds is 7. The summed E-state index contributed by atoms with van der Waals surface area (Å²) in [5, 5.41) is 3.49. The van der Waals surface area contributed by atoms with Gasteiger partial charge in [-0.3, -0.25) is 4.79 Å². The minimum Gasteiger partial charge on any atom is -0.383 e. The average Bonchev–Trinajstić information content (AvgIpc) is 2.99. The Hall–Kier alpha value is -0.610. The Morgan fingerprint density at radius 2 is 2.12 bits per heavy atom. The molecule has 0 spiro atoms. The van der Waals surface area contributed by atoms with Crippen molar-refractivity contribution in [3.63, 3.8) is 0 Å². The molecule has 1 N–H and O–H groups in total. The molecule has 0 aromatic rings. The maximum atomic E-state index is 11.5. The van der Waals surface area contributed by atoms with Crippen molar-refractivity contribution in [2.45, 2.75) is 38.3 Å². The molecule has 0 aliphatic heterocycles. The van der Waals surface area contributed by atoms with Gasteiger partial charge < -0.3 is 15.0 Å². The van der Waals surface area contributed by atoms with Gasteiger partial charge in [-0.2, -0.15) is 0 Å². The van der Waals surface area contributed by atoms with Crippen molar-refractivity contribution in [2.75, 3.05) is 27.8 Å². The Morgan fingerprint density at radius 3 is 2.56 bits per heavy atom. The highest BCUT2D eigenvalue weighted by molar-refractivity contribution is 5.76. The lowest BCUT2D eigenvalue weighted by atomic mass is 10.1. The number of ether oxygens (including phenoxy) is 1. The normalized spacial score (nSPS) is 19.2. The second-order valence-corrected chi connectivity index (χ2v) is 4.96. The van der Waals surface area contributed by atoms with Crippen LogP contribution in [0.1, 0.15) is 26.2 Å². The fraction of sp³-hybridized carbons (Fsp3) is 0.917. The van der Waals surface area contributed by atoms with Crippen LogP contribution in [0.25, 0.3) is 0 Å². The maximum absolute atomic E-state index is 11.5. The van der Waals surface area contributed by atoms with Gasteiger partial charge >= 0.3 is 0 Å². The molecule has 0 heterocycles. The highest BCUT2D eigenvalue weighted by Crippen LogP contribution is 2.33. The molecule has 1 aliphatic rings. The van der Waals surface area contributed by atoms with Crippen LogP contribution >= 0.6 is 0 Å². The molecule has 0 bridgehead atoms. The fourth-order valence-electron chi connectivity index (χ4n) is 1.87. The van der Waals surface area contributed by atoms with Crippen molar-refractivity contribution in [3.8, 4) is 0 Å². The molecular weight excluding hydrogens is 204 g/mol. The van der Waals surface area contributed by atoms with Crippen LogP contribution in [0.2, 0.25) is 0 Å². The molecule has 0 radical (unpaired) electrons. The zero-order valence-corrected chi connectivity index (χ0v) is 10.8. The number of methoxy groups -OCH3 is 1. The van der Waals surface area contributed by atoms with Crippen LogP contribution in [0, 0.1) is 5.92 Å². The molecule has 0 aromatic carbocycles. The third-order valence-electron chi connectivity index (χ3n) is 3.02. The quantitative estimate of drug-likeness (QED) is 0.703. The second kappa shape index (κ2) is 6.21. The van der Waals surface area contributed by atoms with Gasteiger partial charge in [0.25, 0.3) is 0 Å². The van der Waals surface area contributed by atoms with Gasteiger partial charge in [-0.1, -0.05) is 0 Å². The van der Waals surface area contributed by atoms with Gasteiger partial charge in [0, 0.05) is 39.7 Å². The first-order valence-corrected chi connectivity index (χ1v) is 5.99. The van der Waals surface area contributed by atoms with Crippen LogP contribution in [0.3, 0.4) is 0 Å². The summed E-state index contributed by atoms with van der Waals surface area (Å²) in [6.45, 7) is 2.80. The van der Waals surface area contributed by atoms with Gasteiger partial charge in [0.15, 0.2) is 0 Å². The van der Waals surface area contributed by atoms with Crippen molar-refractivity contribution in [2.24, 2.45) is 5.92 Å². The van der Waals surface area contributed by atoms with Crippen molar-refractivity contribution < 1.29 is 9.53 Å². The molecule has 0 aromatic heterocycles. The first-order chi connectivity index (χ1) is 7.54. The number of nitrogens with one attached hydrogen (secondary N) is 1. The smallest absolute Gasteiger partial charge is 0.223 e. The third-order valence-corrected chi connectivity index (χ3v) is 3.02.